The van der Waals surface area contributed by atoms with E-state index in [-0.39, 0.29) is 11.7 Å². The third-order valence-corrected chi connectivity index (χ3v) is 4.07. The van der Waals surface area contributed by atoms with Gasteiger partial charge >= 0.3 is 0 Å². The number of amides is 1. The number of carbonyl (C=O) groups is 2. The second-order valence-corrected chi connectivity index (χ2v) is 5.97. The van der Waals surface area contributed by atoms with Crippen LogP contribution in [0.15, 0.2) is 15.9 Å². The maximum absolute atomic E-state index is 11.3. The molecule has 1 saturated heterocycles. The van der Waals surface area contributed by atoms with Crippen molar-refractivity contribution in [1.29, 1.82) is 0 Å². The second kappa shape index (κ2) is 4.45. The van der Waals surface area contributed by atoms with Crippen LogP contribution in [0.3, 0.4) is 0 Å². The Labute approximate surface area is 100 Å². The lowest BCUT2D eigenvalue weighted by atomic mass is 10.3. The molecule has 0 radical (unpaired) electrons. The smallest absolute Gasteiger partial charge is 0.290 e. The second-order valence-electron chi connectivity index (χ2n) is 3.42. The van der Waals surface area contributed by atoms with Crippen LogP contribution in [0.1, 0.15) is 11.3 Å². The fourth-order valence-corrected chi connectivity index (χ4v) is 3.04. The van der Waals surface area contributed by atoms with Gasteiger partial charge in [0.15, 0.2) is 0 Å². The minimum atomic E-state index is -0.314. The minimum Gasteiger partial charge on any atom is -0.335 e. The molecule has 0 unspecified atom stereocenters. The van der Waals surface area contributed by atoms with Crippen LogP contribution >= 0.6 is 27.3 Å². The first-order valence-electron chi connectivity index (χ1n) is 4.73. The van der Waals surface area contributed by atoms with Crippen LogP contribution in [0.2, 0.25) is 0 Å². The summed E-state index contributed by atoms with van der Waals surface area (Å²) >= 11 is 5.06. The van der Waals surface area contributed by atoms with Crippen molar-refractivity contribution in [3.8, 4) is 0 Å². The molecule has 0 N–H and O–H groups in total. The lowest BCUT2D eigenvalue weighted by Crippen LogP contribution is -2.29. The Balaban J connectivity index is 1.89. The first-order chi connectivity index (χ1) is 7.16. The predicted molar refractivity (Wildman–Crippen MR) is 61.9 cm³/mol. The van der Waals surface area contributed by atoms with E-state index in [0.717, 1.165) is 10.2 Å². The quantitative estimate of drug-likeness (QED) is 0.796. The van der Waals surface area contributed by atoms with Crippen molar-refractivity contribution in [2.75, 3.05) is 13.1 Å². The molecule has 0 aliphatic carbocycles. The fraction of sp³-hybridized carbons (Fsp3) is 0.400. The van der Waals surface area contributed by atoms with Crippen LogP contribution in [0, 0.1) is 0 Å². The number of halogens is 1. The maximum Gasteiger partial charge on any atom is 0.290 e. The van der Waals surface area contributed by atoms with Gasteiger partial charge in [-0.15, -0.1) is 11.3 Å². The van der Waals surface area contributed by atoms with Crippen LogP contribution in [-0.4, -0.2) is 29.7 Å². The number of carbonyl (C=O) groups excluding carboxylic acids is 2. The molecule has 3 nitrogen and oxygen atoms in total. The average molecular weight is 288 g/mol. The Kier molecular flexibility index (Phi) is 3.21. The Morgan fingerprint density at radius 2 is 2.20 bits per heavy atom. The number of Topliss-reactive ketones (excluding diaryl/α,β-unsaturated/α-hetero) is 1. The van der Waals surface area contributed by atoms with Gasteiger partial charge in [0.2, 0.25) is 5.78 Å². The molecule has 0 aromatic carbocycles. The van der Waals surface area contributed by atoms with E-state index in [4.69, 9.17) is 0 Å². The van der Waals surface area contributed by atoms with Crippen LogP contribution in [0.5, 0.6) is 0 Å². The van der Waals surface area contributed by atoms with E-state index in [1.807, 2.05) is 12.1 Å². The zero-order valence-corrected chi connectivity index (χ0v) is 10.4. The molecule has 1 fully saturated rings. The largest absolute Gasteiger partial charge is 0.335 e. The van der Waals surface area contributed by atoms with E-state index in [1.165, 1.54) is 4.88 Å². The van der Waals surface area contributed by atoms with Gasteiger partial charge in [0, 0.05) is 24.4 Å². The van der Waals surface area contributed by atoms with Crippen molar-refractivity contribution in [3.05, 3.63) is 20.8 Å². The molecular weight excluding hydrogens is 278 g/mol. The minimum absolute atomic E-state index is 0.248. The maximum atomic E-state index is 11.3. The summed E-state index contributed by atoms with van der Waals surface area (Å²) in [5.41, 5.74) is 0. The predicted octanol–water partition coefficient (Wildman–Crippen LogP) is 1.85. The summed E-state index contributed by atoms with van der Waals surface area (Å²) < 4.78 is 1.10. The first-order valence-corrected chi connectivity index (χ1v) is 6.34. The highest BCUT2D eigenvalue weighted by atomic mass is 79.9. The Morgan fingerprint density at radius 1 is 1.40 bits per heavy atom. The van der Waals surface area contributed by atoms with Gasteiger partial charge in [0.1, 0.15) is 0 Å². The van der Waals surface area contributed by atoms with Gasteiger partial charge in [-0.25, -0.2) is 0 Å². The van der Waals surface area contributed by atoms with Gasteiger partial charge < -0.3 is 4.90 Å². The fourth-order valence-electron chi connectivity index (χ4n) is 1.57. The standard InChI is InChI=1S/C10H10BrNO2S/c11-9-2-1-7(15-9)3-5-12-6-4-8(13)10(12)14/h1-2H,3-6H2. The number of likely N-dealkylation sites (tertiary alicyclic amines) is 1. The van der Waals surface area contributed by atoms with Crippen molar-refractivity contribution in [1.82, 2.24) is 4.90 Å². The molecule has 2 heterocycles. The van der Waals surface area contributed by atoms with Crippen molar-refractivity contribution >= 4 is 39.0 Å². The number of hydrogen-bond donors (Lipinski definition) is 0. The van der Waals surface area contributed by atoms with E-state index in [1.54, 1.807) is 16.2 Å². The summed E-state index contributed by atoms with van der Waals surface area (Å²) in [7, 11) is 0. The van der Waals surface area contributed by atoms with Crippen LogP contribution < -0.4 is 0 Å². The van der Waals surface area contributed by atoms with Crippen molar-refractivity contribution in [2.45, 2.75) is 12.8 Å². The molecule has 80 valence electrons. The van der Waals surface area contributed by atoms with E-state index in [2.05, 4.69) is 15.9 Å². The molecule has 0 saturated carbocycles. The lowest BCUT2D eigenvalue weighted by molar-refractivity contribution is -0.139. The summed E-state index contributed by atoms with van der Waals surface area (Å²) in [6, 6.07) is 4.04. The molecule has 1 aromatic heterocycles. The highest BCUT2D eigenvalue weighted by molar-refractivity contribution is 9.11. The van der Waals surface area contributed by atoms with Gasteiger partial charge in [0.25, 0.3) is 5.91 Å². The molecule has 1 amide bonds. The van der Waals surface area contributed by atoms with Gasteiger partial charge in [-0.2, -0.15) is 0 Å². The molecule has 2 rings (SSSR count). The Hall–Kier alpha value is -0.680. The summed E-state index contributed by atoms with van der Waals surface area (Å²) in [5.74, 6) is -0.562. The molecule has 1 aromatic rings. The van der Waals surface area contributed by atoms with Crippen LogP contribution in [0.4, 0.5) is 0 Å². The summed E-state index contributed by atoms with van der Waals surface area (Å²) in [6.07, 6.45) is 1.21. The summed E-state index contributed by atoms with van der Waals surface area (Å²) in [6.45, 7) is 1.24. The van der Waals surface area contributed by atoms with E-state index < -0.39 is 0 Å². The average Bonchev–Trinajstić information content (AvgIpc) is 2.74. The SMILES string of the molecule is O=C1CCN(CCc2ccc(Br)s2)C1=O. The van der Waals surface area contributed by atoms with Gasteiger partial charge in [-0.3, -0.25) is 9.59 Å². The van der Waals surface area contributed by atoms with Crippen molar-refractivity contribution in [2.24, 2.45) is 0 Å². The number of thiophene rings is 1. The topological polar surface area (TPSA) is 37.4 Å². The number of nitrogens with zero attached hydrogens (tertiary/aromatic N) is 1. The van der Waals surface area contributed by atoms with Gasteiger partial charge in [0.05, 0.1) is 3.79 Å². The highest BCUT2D eigenvalue weighted by Crippen LogP contribution is 2.22. The molecule has 0 bridgehead atoms. The molecule has 0 atom stereocenters. The van der Waals surface area contributed by atoms with E-state index >= 15 is 0 Å². The van der Waals surface area contributed by atoms with Crippen molar-refractivity contribution in [3.63, 3.8) is 0 Å². The summed E-state index contributed by atoms with van der Waals surface area (Å²) in [5, 5.41) is 0. The normalized spacial score (nSPS) is 16.5. The number of rotatable bonds is 3. The molecule has 0 spiro atoms. The molecule has 15 heavy (non-hydrogen) atoms. The van der Waals surface area contributed by atoms with E-state index in [9.17, 15) is 9.59 Å². The summed E-state index contributed by atoms with van der Waals surface area (Å²) in [4.78, 5) is 25.2. The lowest BCUT2D eigenvalue weighted by Gasteiger charge is -2.12. The highest BCUT2D eigenvalue weighted by Gasteiger charge is 2.28. The van der Waals surface area contributed by atoms with Gasteiger partial charge in [-0.1, -0.05) is 0 Å². The van der Waals surface area contributed by atoms with Crippen LogP contribution in [0.25, 0.3) is 0 Å². The third kappa shape index (κ3) is 2.46. The molecular formula is C10H10BrNO2S. The molecule has 1 aliphatic heterocycles. The van der Waals surface area contributed by atoms with Crippen LogP contribution in [-0.2, 0) is 16.0 Å². The van der Waals surface area contributed by atoms with Crippen molar-refractivity contribution < 1.29 is 9.59 Å². The number of ketones is 1. The zero-order valence-electron chi connectivity index (χ0n) is 8.03. The first kappa shape index (κ1) is 10.8. The third-order valence-electron chi connectivity index (χ3n) is 2.39. The number of hydrogen-bond acceptors (Lipinski definition) is 3. The molecule has 5 heteroatoms. The monoisotopic (exact) mass is 287 g/mol. The molecule has 1 aliphatic rings. The Morgan fingerprint density at radius 3 is 2.73 bits per heavy atom. The Bertz CT molecular complexity index is 402. The van der Waals surface area contributed by atoms with Gasteiger partial charge in [-0.05, 0) is 34.5 Å². The van der Waals surface area contributed by atoms with E-state index in [0.29, 0.717) is 19.5 Å². The zero-order chi connectivity index (χ0) is 10.8.